The third-order valence-corrected chi connectivity index (χ3v) is 4.97. The zero-order chi connectivity index (χ0) is 22.0. The maximum absolute atomic E-state index is 13.6. The van der Waals surface area contributed by atoms with Crippen LogP contribution in [0.3, 0.4) is 0 Å². The highest BCUT2D eigenvalue weighted by Crippen LogP contribution is 2.26. The van der Waals surface area contributed by atoms with Crippen LogP contribution in [0.15, 0.2) is 65.6 Å². The summed E-state index contributed by atoms with van der Waals surface area (Å²) in [6.45, 7) is 1.88. The van der Waals surface area contributed by atoms with Crippen LogP contribution in [0.25, 0.3) is 16.5 Å². The van der Waals surface area contributed by atoms with Crippen molar-refractivity contribution >= 4 is 22.5 Å². The normalized spacial score (nSPS) is 11.5. The van der Waals surface area contributed by atoms with E-state index in [1.54, 1.807) is 10.6 Å². The van der Waals surface area contributed by atoms with E-state index in [0.29, 0.717) is 28.1 Å². The van der Waals surface area contributed by atoms with Gasteiger partial charge in [0.2, 0.25) is 5.95 Å². The first-order valence-electron chi connectivity index (χ1n) is 9.53. The van der Waals surface area contributed by atoms with E-state index in [2.05, 4.69) is 21.2 Å². The summed E-state index contributed by atoms with van der Waals surface area (Å²) in [6.07, 6.45) is 7.01. The number of fused-ring (bicyclic) bond motifs is 1. The average Bonchev–Trinajstić information content (AvgIpc) is 2.79. The van der Waals surface area contributed by atoms with Crippen molar-refractivity contribution in [1.82, 2.24) is 14.5 Å². The maximum atomic E-state index is 13.6. The summed E-state index contributed by atoms with van der Waals surface area (Å²) in [5, 5.41) is 13.8. The molecule has 7 nitrogen and oxygen atoms in total. The number of para-hydroxylation sites is 1. The number of nitrogen functional groups attached to an aromatic ring is 1. The first-order chi connectivity index (χ1) is 15.0. The lowest BCUT2D eigenvalue weighted by Crippen LogP contribution is -2.26. The largest absolute Gasteiger partial charge is 0.368 e. The van der Waals surface area contributed by atoms with Gasteiger partial charge in [0.25, 0.3) is 5.56 Å². The van der Waals surface area contributed by atoms with E-state index >= 15 is 0 Å². The van der Waals surface area contributed by atoms with Crippen LogP contribution < -0.4 is 16.6 Å². The Morgan fingerprint density at radius 1 is 1.16 bits per heavy atom. The number of nitrogens with zero attached hydrogens (tertiary/aromatic N) is 4. The van der Waals surface area contributed by atoms with Crippen molar-refractivity contribution in [3.05, 3.63) is 88.0 Å². The number of rotatable bonds is 4. The van der Waals surface area contributed by atoms with Crippen molar-refractivity contribution in [3.63, 3.8) is 0 Å². The number of nitrogens with one attached hydrogen (secondary N) is 1. The molecule has 1 atom stereocenters. The summed E-state index contributed by atoms with van der Waals surface area (Å²) in [5.74, 6) is 2.95. The Balaban J connectivity index is 1.96. The second-order valence-corrected chi connectivity index (χ2v) is 6.93. The number of nitrogens with two attached hydrogens (primary N) is 1. The number of nitriles is 1. The van der Waals surface area contributed by atoms with Gasteiger partial charge in [-0.15, -0.1) is 6.42 Å². The molecule has 0 aliphatic rings. The van der Waals surface area contributed by atoms with E-state index in [4.69, 9.17) is 12.2 Å². The van der Waals surface area contributed by atoms with Gasteiger partial charge in [0.1, 0.15) is 17.5 Å². The Kier molecular flexibility index (Phi) is 5.09. The fraction of sp³-hybridized carbons (Fsp3) is 0.0833. The van der Waals surface area contributed by atoms with Crippen LogP contribution in [0, 0.1) is 23.7 Å². The zero-order valence-electron chi connectivity index (χ0n) is 16.7. The topological polar surface area (TPSA) is 110 Å². The third kappa shape index (κ3) is 3.57. The van der Waals surface area contributed by atoms with Crippen LogP contribution in [-0.4, -0.2) is 14.5 Å². The Morgan fingerprint density at radius 2 is 1.94 bits per heavy atom. The number of benzene rings is 2. The van der Waals surface area contributed by atoms with Crippen molar-refractivity contribution in [2.75, 3.05) is 11.1 Å². The minimum atomic E-state index is -0.395. The van der Waals surface area contributed by atoms with Gasteiger partial charge in [0.15, 0.2) is 0 Å². The molecule has 31 heavy (non-hydrogen) atoms. The summed E-state index contributed by atoms with van der Waals surface area (Å²) < 4.78 is 1.62. The van der Waals surface area contributed by atoms with Crippen molar-refractivity contribution in [2.45, 2.75) is 13.0 Å². The zero-order valence-corrected chi connectivity index (χ0v) is 16.7. The van der Waals surface area contributed by atoms with Gasteiger partial charge in [-0.25, -0.2) is 4.98 Å². The fourth-order valence-electron chi connectivity index (χ4n) is 3.53. The molecule has 0 unspecified atom stereocenters. The van der Waals surface area contributed by atoms with E-state index in [1.807, 2.05) is 61.5 Å². The Morgan fingerprint density at radius 3 is 2.65 bits per heavy atom. The summed E-state index contributed by atoms with van der Waals surface area (Å²) >= 11 is 0. The van der Waals surface area contributed by atoms with E-state index in [0.717, 1.165) is 5.39 Å². The number of hydrogen-bond donors (Lipinski definition) is 2. The van der Waals surface area contributed by atoms with Crippen LogP contribution in [0.4, 0.5) is 11.8 Å². The van der Waals surface area contributed by atoms with Gasteiger partial charge in [-0.3, -0.25) is 9.36 Å². The van der Waals surface area contributed by atoms with E-state index in [1.165, 1.54) is 6.20 Å². The maximum Gasteiger partial charge on any atom is 0.264 e. The lowest BCUT2D eigenvalue weighted by Gasteiger charge is -2.22. The van der Waals surface area contributed by atoms with Crippen LogP contribution in [0.2, 0.25) is 0 Å². The number of hydrogen-bond acceptors (Lipinski definition) is 6. The molecule has 4 aromatic rings. The number of anilines is 2. The molecule has 0 spiro atoms. The summed E-state index contributed by atoms with van der Waals surface area (Å²) in [6, 6.07) is 18.3. The van der Waals surface area contributed by atoms with E-state index in [-0.39, 0.29) is 17.1 Å². The molecule has 150 valence electrons. The van der Waals surface area contributed by atoms with Crippen molar-refractivity contribution in [1.29, 1.82) is 5.26 Å². The predicted octanol–water partition coefficient (Wildman–Crippen LogP) is 3.39. The molecule has 0 aliphatic heterocycles. The first-order valence-corrected chi connectivity index (χ1v) is 9.53. The fourth-order valence-corrected chi connectivity index (χ4v) is 3.53. The number of pyridine rings is 1. The molecule has 4 rings (SSSR count). The molecule has 0 saturated heterocycles. The van der Waals surface area contributed by atoms with Gasteiger partial charge >= 0.3 is 0 Å². The highest BCUT2D eigenvalue weighted by molar-refractivity contribution is 5.88. The molecule has 0 bridgehead atoms. The lowest BCUT2D eigenvalue weighted by atomic mass is 10.0. The van der Waals surface area contributed by atoms with E-state index < -0.39 is 6.04 Å². The first kappa shape index (κ1) is 19.7. The summed E-state index contributed by atoms with van der Waals surface area (Å²) in [4.78, 5) is 21.6. The second-order valence-electron chi connectivity index (χ2n) is 6.93. The minimum absolute atomic E-state index is 0.0475. The van der Waals surface area contributed by atoms with Gasteiger partial charge in [0, 0.05) is 16.9 Å². The van der Waals surface area contributed by atoms with Crippen LogP contribution in [0.5, 0.6) is 0 Å². The van der Waals surface area contributed by atoms with Gasteiger partial charge in [0.05, 0.1) is 17.6 Å². The molecule has 0 radical (unpaired) electrons. The Labute approximate surface area is 178 Å². The molecule has 2 aromatic heterocycles. The molecule has 0 saturated carbocycles. The minimum Gasteiger partial charge on any atom is -0.368 e. The standard InChI is InChI=1S/C24H18N6O/c1-3-16-8-7-9-17-12-20(15(2)28-22-18(13-25)14-27-24(26)29-22)30(23(31)21(16)17)19-10-5-4-6-11-19/h1,4-12,14-15H,2H3,(H3,26,27,28,29)/t15-/m0/s1. The molecule has 0 fully saturated rings. The SMILES string of the molecule is C#Cc1cccc2cc([C@H](C)Nc3nc(N)ncc3C#N)n(-c3ccccc3)c(=O)c12. The monoisotopic (exact) mass is 406 g/mol. The quantitative estimate of drug-likeness (QED) is 0.503. The predicted molar refractivity (Wildman–Crippen MR) is 121 cm³/mol. The summed E-state index contributed by atoms with van der Waals surface area (Å²) in [5.41, 5.74) is 7.66. The third-order valence-electron chi connectivity index (χ3n) is 4.97. The smallest absolute Gasteiger partial charge is 0.264 e. The van der Waals surface area contributed by atoms with Gasteiger partial charge in [-0.05, 0) is 36.6 Å². The number of aromatic nitrogens is 3. The van der Waals surface area contributed by atoms with Crippen LogP contribution in [0.1, 0.15) is 29.8 Å². The number of terminal acetylenes is 1. The van der Waals surface area contributed by atoms with Crippen LogP contribution >= 0.6 is 0 Å². The molecule has 0 aliphatic carbocycles. The van der Waals surface area contributed by atoms with Crippen molar-refractivity contribution < 1.29 is 0 Å². The van der Waals surface area contributed by atoms with Gasteiger partial charge in [-0.2, -0.15) is 10.2 Å². The van der Waals surface area contributed by atoms with Crippen molar-refractivity contribution in [2.24, 2.45) is 0 Å². The Bertz CT molecular complexity index is 1430. The molecule has 7 heteroatoms. The molecule has 0 amide bonds. The highest BCUT2D eigenvalue weighted by Gasteiger charge is 2.19. The van der Waals surface area contributed by atoms with Gasteiger partial charge in [-0.1, -0.05) is 36.3 Å². The van der Waals surface area contributed by atoms with Crippen molar-refractivity contribution in [3.8, 4) is 24.1 Å². The molecule has 2 heterocycles. The highest BCUT2D eigenvalue weighted by atomic mass is 16.1. The Hall–Kier alpha value is -4.62. The molecule has 3 N–H and O–H groups in total. The molecule has 2 aromatic carbocycles. The average molecular weight is 406 g/mol. The van der Waals surface area contributed by atoms with Gasteiger partial charge < -0.3 is 11.1 Å². The van der Waals surface area contributed by atoms with E-state index in [9.17, 15) is 10.1 Å². The molecular formula is C24H18N6O. The lowest BCUT2D eigenvalue weighted by molar-refractivity contribution is 0.772. The second kappa shape index (κ2) is 8.02. The van der Waals surface area contributed by atoms with Crippen LogP contribution in [-0.2, 0) is 0 Å². The molecular weight excluding hydrogens is 388 g/mol. The summed E-state index contributed by atoms with van der Waals surface area (Å²) in [7, 11) is 0.